The molecule has 1 aromatic heterocycles. The lowest BCUT2D eigenvalue weighted by Gasteiger charge is -2.58. The molecule has 2 heterocycles. The van der Waals surface area contributed by atoms with Crippen molar-refractivity contribution >= 4 is 12.0 Å². The zero-order chi connectivity index (χ0) is 23.5. The molecule has 1 aliphatic heterocycles. The van der Waals surface area contributed by atoms with Crippen LogP contribution in [0, 0.1) is 6.92 Å². The van der Waals surface area contributed by atoms with Crippen molar-refractivity contribution in [2.75, 3.05) is 26.7 Å². The Morgan fingerprint density at radius 3 is 2.97 bits per heavy atom. The van der Waals surface area contributed by atoms with E-state index in [1.165, 1.54) is 0 Å². The molecule has 2 N–H and O–H groups in total. The van der Waals surface area contributed by atoms with Crippen LogP contribution < -0.4 is 10.1 Å². The van der Waals surface area contributed by atoms with Gasteiger partial charge < -0.3 is 19.6 Å². The number of aryl methyl sites for hydroxylation is 1. The Labute approximate surface area is 195 Å². The number of β-amino-alcohol motifs (C(OH)–C–C–N with tert-alkyl or cyclic N) is 1. The highest BCUT2D eigenvalue weighted by atomic mass is 16.5. The molecule has 2 aromatic rings. The van der Waals surface area contributed by atoms with E-state index >= 15 is 0 Å². The quantitative estimate of drug-likeness (QED) is 0.495. The van der Waals surface area contributed by atoms with Crippen LogP contribution in [0.4, 0.5) is 0 Å². The molecule has 6 nitrogen and oxygen atoms in total. The van der Waals surface area contributed by atoms with Crippen LogP contribution in [0.25, 0.3) is 6.08 Å². The van der Waals surface area contributed by atoms with Crippen molar-refractivity contribution in [2.45, 2.75) is 49.7 Å². The van der Waals surface area contributed by atoms with E-state index in [9.17, 15) is 9.90 Å². The summed E-state index contributed by atoms with van der Waals surface area (Å²) < 4.78 is 10.8. The second kappa shape index (κ2) is 9.57. The van der Waals surface area contributed by atoms with Crippen molar-refractivity contribution in [1.29, 1.82) is 0 Å². The van der Waals surface area contributed by atoms with Gasteiger partial charge in [-0.3, -0.25) is 9.69 Å². The van der Waals surface area contributed by atoms with Gasteiger partial charge in [-0.05, 0) is 69.0 Å². The van der Waals surface area contributed by atoms with Crippen molar-refractivity contribution in [1.82, 2.24) is 10.2 Å². The van der Waals surface area contributed by atoms with Gasteiger partial charge in [0.1, 0.15) is 11.5 Å². The molecule has 2 fully saturated rings. The minimum atomic E-state index is -0.883. The number of hydrogen-bond acceptors (Lipinski definition) is 5. The van der Waals surface area contributed by atoms with E-state index in [4.69, 9.17) is 9.15 Å². The summed E-state index contributed by atoms with van der Waals surface area (Å²) in [5, 5.41) is 15.2. The largest absolute Gasteiger partial charge is 0.497 e. The third-order valence-corrected chi connectivity index (χ3v) is 7.40. The molecule has 3 atom stereocenters. The summed E-state index contributed by atoms with van der Waals surface area (Å²) in [5.41, 5.74) is 0.628. The first-order chi connectivity index (χ1) is 15.9. The van der Waals surface area contributed by atoms with Gasteiger partial charge in [-0.2, -0.15) is 0 Å². The standard InChI is InChI=1S/C27H34N2O4/c1-4-14-29-15-13-26(22-6-5-7-24(17-22)32-3)18-23(10-12-27(26,31)19-29)28-25(30)9-8-21-11-16-33-20(21)2/h4-9,11,16-17,23,31H,1,10,12-15,18-19H2,2-3H3,(H,28,30)/b9-8+/t23-,26+,27+/m1/s1. The van der Waals surface area contributed by atoms with Gasteiger partial charge in [0.25, 0.3) is 0 Å². The van der Waals surface area contributed by atoms with E-state index in [0.717, 1.165) is 48.6 Å². The van der Waals surface area contributed by atoms with Crippen LogP contribution in [0.2, 0.25) is 0 Å². The Balaban J connectivity index is 1.58. The van der Waals surface area contributed by atoms with Gasteiger partial charge >= 0.3 is 0 Å². The molecule has 0 unspecified atom stereocenters. The number of likely N-dealkylation sites (tertiary alicyclic amines) is 1. The second-order valence-electron chi connectivity index (χ2n) is 9.33. The van der Waals surface area contributed by atoms with Crippen LogP contribution in [-0.4, -0.2) is 54.3 Å². The summed E-state index contributed by atoms with van der Waals surface area (Å²) >= 11 is 0. The predicted octanol–water partition coefficient (Wildman–Crippen LogP) is 3.84. The first-order valence-electron chi connectivity index (χ1n) is 11.6. The Hall–Kier alpha value is -2.83. The topological polar surface area (TPSA) is 74.9 Å². The maximum atomic E-state index is 12.7. The molecule has 1 amide bonds. The van der Waals surface area contributed by atoms with Crippen LogP contribution in [0.5, 0.6) is 5.75 Å². The zero-order valence-electron chi connectivity index (χ0n) is 19.5. The molecule has 176 valence electrons. The van der Waals surface area contributed by atoms with Gasteiger partial charge in [0.2, 0.25) is 5.91 Å². The van der Waals surface area contributed by atoms with Gasteiger partial charge in [-0.25, -0.2) is 0 Å². The van der Waals surface area contributed by atoms with Crippen molar-refractivity contribution in [3.05, 3.63) is 72.2 Å². The number of carbonyl (C=O) groups is 1. The normalized spacial score (nSPS) is 27.8. The van der Waals surface area contributed by atoms with Gasteiger partial charge in [-0.15, -0.1) is 6.58 Å². The smallest absolute Gasteiger partial charge is 0.244 e. The summed E-state index contributed by atoms with van der Waals surface area (Å²) in [5.74, 6) is 1.43. The number of methoxy groups -OCH3 is 1. The fraction of sp³-hybridized carbons (Fsp3) is 0.444. The van der Waals surface area contributed by atoms with Gasteiger partial charge in [0, 0.05) is 36.2 Å². The number of hydrogen-bond donors (Lipinski definition) is 2. The molecule has 1 saturated heterocycles. The number of fused-ring (bicyclic) bond motifs is 1. The lowest BCUT2D eigenvalue weighted by Crippen LogP contribution is -2.67. The summed E-state index contributed by atoms with van der Waals surface area (Å²) in [6, 6.07) is 9.86. The highest BCUT2D eigenvalue weighted by molar-refractivity contribution is 5.92. The van der Waals surface area contributed by atoms with Crippen LogP contribution in [0.3, 0.4) is 0 Å². The molecular weight excluding hydrogens is 416 g/mol. The fourth-order valence-electron chi connectivity index (χ4n) is 5.62. The number of nitrogens with zero attached hydrogens (tertiary/aromatic N) is 1. The van der Waals surface area contributed by atoms with E-state index in [-0.39, 0.29) is 11.9 Å². The number of benzene rings is 1. The van der Waals surface area contributed by atoms with E-state index in [0.29, 0.717) is 19.4 Å². The molecule has 1 aromatic carbocycles. The SMILES string of the molecule is C=CCN1CC[C@@]2(c3cccc(OC)c3)C[C@H](NC(=O)/C=C/c3ccoc3C)CC[C@]2(O)C1. The number of furan rings is 1. The van der Waals surface area contributed by atoms with Crippen molar-refractivity contribution in [2.24, 2.45) is 0 Å². The third kappa shape index (κ3) is 4.63. The van der Waals surface area contributed by atoms with E-state index in [2.05, 4.69) is 22.9 Å². The molecular formula is C27H34N2O4. The minimum absolute atomic E-state index is 0.0231. The van der Waals surface area contributed by atoms with Gasteiger partial charge in [0.15, 0.2) is 0 Å². The molecule has 2 aliphatic rings. The summed E-state index contributed by atoms with van der Waals surface area (Å²) in [6.07, 6.45) is 9.68. The van der Waals surface area contributed by atoms with E-state index in [1.807, 2.05) is 37.3 Å². The lowest BCUT2D eigenvalue weighted by molar-refractivity contribution is -0.130. The van der Waals surface area contributed by atoms with E-state index in [1.54, 1.807) is 25.5 Å². The zero-order valence-corrected chi connectivity index (χ0v) is 19.5. The molecule has 1 saturated carbocycles. The molecule has 6 heteroatoms. The average molecular weight is 451 g/mol. The van der Waals surface area contributed by atoms with Crippen LogP contribution in [-0.2, 0) is 10.2 Å². The summed E-state index contributed by atoms with van der Waals surface area (Å²) in [6.45, 7) is 7.96. The maximum absolute atomic E-state index is 12.7. The van der Waals surface area contributed by atoms with Crippen molar-refractivity contribution < 1.29 is 19.1 Å². The molecule has 4 rings (SSSR count). The Kier molecular flexibility index (Phi) is 6.77. The first-order valence-corrected chi connectivity index (χ1v) is 11.6. The summed E-state index contributed by atoms with van der Waals surface area (Å²) in [4.78, 5) is 15.0. The molecule has 0 bridgehead atoms. The number of aliphatic hydroxyl groups is 1. The highest BCUT2D eigenvalue weighted by Gasteiger charge is 2.57. The monoisotopic (exact) mass is 450 g/mol. The number of rotatable bonds is 7. The number of nitrogens with one attached hydrogen (secondary N) is 1. The Morgan fingerprint density at radius 2 is 2.24 bits per heavy atom. The van der Waals surface area contributed by atoms with Gasteiger partial charge in [0.05, 0.1) is 19.0 Å². The van der Waals surface area contributed by atoms with Crippen LogP contribution >= 0.6 is 0 Å². The van der Waals surface area contributed by atoms with Gasteiger partial charge in [-0.1, -0.05) is 18.2 Å². The lowest BCUT2D eigenvalue weighted by atomic mass is 9.55. The third-order valence-electron chi connectivity index (χ3n) is 7.40. The first kappa shape index (κ1) is 23.3. The maximum Gasteiger partial charge on any atom is 0.244 e. The van der Waals surface area contributed by atoms with E-state index < -0.39 is 11.0 Å². The number of carbonyl (C=O) groups excluding carboxylic acids is 1. The predicted molar refractivity (Wildman–Crippen MR) is 129 cm³/mol. The number of ether oxygens (including phenoxy) is 1. The van der Waals surface area contributed by atoms with Crippen molar-refractivity contribution in [3.8, 4) is 5.75 Å². The Bertz CT molecular complexity index is 1030. The highest BCUT2D eigenvalue weighted by Crippen LogP contribution is 2.52. The summed E-state index contributed by atoms with van der Waals surface area (Å²) in [7, 11) is 1.66. The second-order valence-corrected chi connectivity index (χ2v) is 9.33. The molecule has 0 spiro atoms. The molecule has 33 heavy (non-hydrogen) atoms. The van der Waals surface area contributed by atoms with Crippen molar-refractivity contribution in [3.63, 3.8) is 0 Å². The number of piperidine rings is 1. The Morgan fingerprint density at radius 1 is 1.39 bits per heavy atom. The molecule has 0 radical (unpaired) electrons. The average Bonchev–Trinajstić information content (AvgIpc) is 3.22. The minimum Gasteiger partial charge on any atom is -0.497 e. The van der Waals surface area contributed by atoms with Crippen LogP contribution in [0.15, 0.2) is 59.7 Å². The fourth-order valence-corrected chi connectivity index (χ4v) is 5.62. The number of amides is 1. The van der Waals surface area contributed by atoms with Crippen LogP contribution in [0.1, 0.15) is 42.6 Å². The molecule has 1 aliphatic carbocycles.